The van der Waals surface area contributed by atoms with E-state index in [2.05, 4.69) is 5.32 Å². The Morgan fingerprint density at radius 3 is 2.55 bits per heavy atom. The summed E-state index contributed by atoms with van der Waals surface area (Å²) in [6, 6.07) is 4.68. The van der Waals surface area contributed by atoms with Gasteiger partial charge in [0, 0.05) is 23.9 Å². The van der Waals surface area contributed by atoms with E-state index in [0.29, 0.717) is 30.1 Å². The van der Waals surface area contributed by atoms with Crippen molar-refractivity contribution in [2.45, 2.75) is 27.2 Å². The minimum Gasteiger partial charge on any atom is -0.481 e. The highest BCUT2D eigenvalue weighted by Gasteiger charge is 2.19. The molecule has 20 heavy (non-hydrogen) atoms. The number of anilines is 1. The van der Waals surface area contributed by atoms with Gasteiger partial charge in [-0.3, -0.25) is 14.9 Å². The van der Waals surface area contributed by atoms with E-state index in [4.69, 9.17) is 5.11 Å². The summed E-state index contributed by atoms with van der Waals surface area (Å²) in [5, 5.41) is 22.9. The highest BCUT2D eigenvalue weighted by molar-refractivity contribution is 5.71. The normalized spacial score (nSPS) is 12.2. The molecular weight excluding hydrogens is 260 g/mol. The smallest absolute Gasteiger partial charge is 0.308 e. The molecule has 0 amide bonds. The second-order valence-corrected chi connectivity index (χ2v) is 5.30. The van der Waals surface area contributed by atoms with E-state index < -0.39 is 16.8 Å². The minimum absolute atomic E-state index is 0.0625. The first-order chi connectivity index (χ1) is 9.31. The number of nitro benzene ring substituents is 1. The molecule has 0 spiro atoms. The van der Waals surface area contributed by atoms with Crippen LogP contribution in [0.3, 0.4) is 0 Å². The third-order valence-electron chi connectivity index (χ3n) is 3.05. The average molecular weight is 280 g/mol. The molecule has 0 bridgehead atoms. The molecule has 0 heterocycles. The third-order valence-corrected chi connectivity index (χ3v) is 3.05. The van der Waals surface area contributed by atoms with Gasteiger partial charge < -0.3 is 10.4 Å². The molecule has 1 aromatic rings. The van der Waals surface area contributed by atoms with Crippen LogP contribution in [0.4, 0.5) is 11.4 Å². The SMILES string of the molecule is Cc1cc(NCC(CC(C)C)C(=O)O)ccc1[N+](=O)[O-]. The maximum atomic E-state index is 11.1. The Balaban J connectivity index is 2.71. The van der Waals surface area contributed by atoms with Gasteiger partial charge in [0.25, 0.3) is 5.69 Å². The van der Waals surface area contributed by atoms with Crippen LogP contribution in [0.25, 0.3) is 0 Å². The molecule has 1 atom stereocenters. The average Bonchev–Trinajstić information content (AvgIpc) is 2.33. The van der Waals surface area contributed by atoms with Crippen molar-refractivity contribution in [2.24, 2.45) is 11.8 Å². The van der Waals surface area contributed by atoms with Gasteiger partial charge in [-0.1, -0.05) is 13.8 Å². The van der Waals surface area contributed by atoms with Crippen LogP contribution in [-0.4, -0.2) is 22.5 Å². The lowest BCUT2D eigenvalue weighted by Crippen LogP contribution is -2.24. The van der Waals surface area contributed by atoms with Crippen molar-refractivity contribution < 1.29 is 14.8 Å². The molecule has 0 saturated carbocycles. The van der Waals surface area contributed by atoms with Crippen LogP contribution in [0.2, 0.25) is 0 Å². The van der Waals surface area contributed by atoms with Gasteiger partial charge in [-0.15, -0.1) is 0 Å². The highest BCUT2D eigenvalue weighted by Crippen LogP contribution is 2.22. The Morgan fingerprint density at radius 1 is 1.45 bits per heavy atom. The molecule has 0 aliphatic heterocycles. The molecule has 1 rings (SSSR count). The van der Waals surface area contributed by atoms with Crippen LogP contribution in [0.1, 0.15) is 25.8 Å². The summed E-state index contributed by atoms with van der Waals surface area (Å²) in [5.74, 6) is -0.994. The molecule has 0 aromatic heterocycles. The summed E-state index contributed by atoms with van der Waals surface area (Å²) in [6.07, 6.45) is 0.592. The number of benzene rings is 1. The third kappa shape index (κ3) is 4.53. The van der Waals surface area contributed by atoms with Crippen LogP contribution < -0.4 is 5.32 Å². The summed E-state index contributed by atoms with van der Waals surface area (Å²) >= 11 is 0. The fourth-order valence-corrected chi connectivity index (χ4v) is 2.05. The molecule has 110 valence electrons. The van der Waals surface area contributed by atoms with Crippen LogP contribution in [0.5, 0.6) is 0 Å². The van der Waals surface area contributed by atoms with Gasteiger partial charge >= 0.3 is 5.97 Å². The van der Waals surface area contributed by atoms with Crippen molar-refractivity contribution in [2.75, 3.05) is 11.9 Å². The molecule has 6 nitrogen and oxygen atoms in total. The molecule has 0 fully saturated rings. The van der Waals surface area contributed by atoms with Gasteiger partial charge in [0.1, 0.15) is 0 Å². The van der Waals surface area contributed by atoms with Crippen LogP contribution in [0, 0.1) is 28.9 Å². The number of aliphatic carboxylic acids is 1. The maximum absolute atomic E-state index is 11.1. The van der Waals surface area contributed by atoms with Gasteiger partial charge in [-0.05, 0) is 31.4 Å². The summed E-state index contributed by atoms with van der Waals surface area (Å²) in [6.45, 7) is 5.93. The van der Waals surface area contributed by atoms with E-state index in [9.17, 15) is 14.9 Å². The van der Waals surface area contributed by atoms with Gasteiger partial charge in [-0.25, -0.2) is 0 Å². The molecule has 0 saturated heterocycles. The molecular formula is C14H20N2O4. The number of hydrogen-bond donors (Lipinski definition) is 2. The number of hydrogen-bond acceptors (Lipinski definition) is 4. The van der Waals surface area contributed by atoms with Gasteiger partial charge in [0.15, 0.2) is 0 Å². The highest BCUT2D eigenvalue weighted by atomic mass is 16.6. The second-order valence-electron chi connectivity index (χ2n) is 5.30. The number of carbonyl (C=O) groups is 1. The summed E-state index contributed by atoms with van der Waals surface area (Å²) in [7, 11) is 0. The summed E-state index contributed by atoms with van der Waals surface area (Å²) in [4.78, 5) is 21.4. The van der Waals surface area contributed by atoms with Crippen molar-refractivity contribution >= 4 is 17.3 Å². The zero-order valence-corrected chi connectivity index (χ0v) is 11.9. The number of carboxylic acids is 1. The number of nitro groups is 1. The van der Waals surface area contributed by atoms with Crippen molar-refractivity contribution in [3.63, 3.8) is 0 Å². The lowest BCUT2D eigenvalue weighted by molar-refractivity contribution is -0.385. The molecule has 1 aromatic carbocycles. The van der Waals surface area contributed by atoms with Crippen molar-refractivity contribution in [3.05, 3.63) is 33.9 Å². The van der Waals surface area contributed by atoms with Crippen LogP contribution in [0.15, 0.2) is 18.2 Å². The van der Waals surface area contributed by atoms with E-state index in [0.717, 1.165) is 0 Å². The molecule has 6 heteroatoms. The van der Waals surface area contributed by atoms with Gasteiger partial charge in [0.2, 0.25) is 0 Å². The van der Waals surface area contributed by atoms with Gasteiger partial charge in [-0.2, -0.15) is 0 Å². The van der Waals surface area contributed by atoms with Crippen molar-refractivity contribution in [3.8, 4) is 0 Å². The first-order valence-corrected chi connectivity index (χ1v) is 6.53. The van der Waals surface area contributed by atoms with E-state index >= 15 is 0 Å². The van der Waals surface area contributed by atoms with E-state index in [1.165, 1.54) is 6.07 Å². The Hall–Kier alpha value is -2.11. The Bertz CT molecular complexity index is 500. The Labute approximate surface area is 118 Å². The van der Waals surface area contributed by atoms with E-state index in [1.807, 2.05) is 13.8 Å². The minimum atomic E-state index is -0.829. The van der Waals surface area contributed by atoms with E-state index in [-0.39, 0.29) is 5.69 Å². The zero-order valence-electron chi connectivity index (χ0n) is 11.9. The number of aryl methyl sites for hydroxylation is 1. The van der Waals surface area contributed by atoms with Gasteiger partial charge in [0.05, 0.1) is 10.8 Å². The lowest BCUT2D eigenvalue weighted by atomic mass is 9.97. The largest absolute Gasteiger partial charge is 0.481 e. The number of carboxylic acid groups (broad SMARTS) is 1. The van der Waals surface area contributed by atoms with Crippen molar-refractivity contribution in [1.29, 1.82) is 0 Å². The molecule has 0 aliphatic carbocycles. The topological polar surface area (TPSA) is 92.5 Å². The number of rotatable bonds is 7. The summed E-state index contributed by atoms with van der Waals surface area (Å²) in [5.41, 5.74) is 1.31. The number of nitrogens with zero attached hydrogens (tertiary/aromatic N) is 1. The molecule has 1 unspecified atom stereocenters. The fraction of sp³-hybridized carbons (Fsp3) is 0.500. The fourth-order valence-electron chi connectivity index (χ4n) is 2.05. The zero-order chi connectivity index (χ0) is 15.3. The van der Waals surface area contributed by atoms with Crippen molar-refractivity contribution in [1.82, 2.24) is 0 Å². The standard InChI is InChI=1S/C14H20N2O4/c1-9(2)6-11(14(17)18)8-15-12-4-5-13(16(19)20)10(3)7-12/h4-5,7,9,11,15H,6,8H2,1-3H3,(H,17,18). The molecule has 0 radical (unpaired) electrons. The first kappa shape index (κ1) is 15.9. The number of nitrogens with one attached hydrogen (secondary N) is 1. The second kappa shape index (κ2) is 6.88. The lowest BCUT2D eigenvalue weighted by Gasteiger charge is -2.16. The summed E-state index contributed by atoms with van der Waals surface area (Å²) < 4.78 is 0. The quantitative estimate of drug-likeness (QED) is 0.591. The first-order valence-electron chi connectivity index (χ1n) is 6.53. The monoisotopic (exact) mass is 280 g/mol. The van der Waals surface area contributed by atoms with E-state index in [1.54, 1.807) is 19.1 Å². The predicted octanol–water partition coefficient (Wildman–Crippen LogP) is 3.06. The van der Waals surface area contributed by atoms with Crippen LogP contribution in [-0.2, 0) is 4.79 Å². The Morgan fingerprint density at radius 2 is 2.10 bits per heavy atom. The molecule has 0 aliphatic rings. The van der Waals surface area contributed by atoms with Crippen LogP contribution >= 0.6 is 0 Å². The molecule has 2 N–H and O–H groups in total. The Kier molecular flexibility index (Phi) is 5.49. The maximum Gasteiger partial charge on any atom is 0.308 e. The predicted molar refractivity (Wildman–Crippen MR) is 76.9 cm³/mol.